The quantitative estimate of drug-likeness (QED) is 0.344. The van der Waals surface area contributed by atoms with Crippen molar-refractivity contribution in [1.29, 1.82) is 0 Å². The van der Waals surface area contributed by atoms with E-state index in [1.807, 2.05) is 24.3 Å². The highest BCUT2D eigenvalue weighted by Crippen LogP contribution is 2.37. The van der Waals surface area contributed by atoms with Gasteiger partial charge in [0.05, 0.1) is 0 Å². The topological polar surface area (TPSA) is 17.1 Å². The highest BCUT2D eigenvalue weighted by molar-refractivity contribution is 7.24. The fourth-order valence-electron chi connectivity index (χ4n) is 3.73. The van der Waals surface area contributed by atoms with Crippen molar-refractivity contribution in [2.75, 3.05) is 0 Å². The van der Waals surface area contributed by atoms with E-state index in [-0.39, 0.29) is 5.43 Å². The van der Waals surface area contributed by atoms with Gasteiger partial charge < -0.3 is 0 Å². The van der Waals surface area contributed by atoms with Crippen LogP contribution in [-0.4, -0.2) is 0 Å². The van der Waals surface area contributed by atoms with Crippen LogP contribution >= 0.6 is 11.3 Å². The van der Waals surface area contributed by atoms with Gasteiger partial charge in [-0.3, -0.25) is 4.79 Å². The lowest BCUT2D eigenvalue weighted by atomic mass is 9.88. The Hall–Kier alpha value is -2.45. The Morgan fingerprint density at radius 3 is 2.11 bits per heavy atom. The Morgan fingerprint density at radius 2 is 1.44 bits per heavy atom. The highest BCUT2D eigenvalue weighted by atomic mass is 32.1. The molecule has 0 atom stereocenters. The van der Waals surface area contributed by atoms with E-state index in [1.165, 1.54) is 11.1 Å². The molecule has 1 aromatic heterocycles. The van der Waals surface area contributed by atoms with Crippen molar-refractivity contribution in [2.45, 2.75) is 39.5 Å². The molecule has 2 heteroatoms. The molecule has 0 amide bonds. The number of hydrogen-bond acceptors (Lipinski definition) is 2. The first-order valence-electron chi connectivity index (χ1n) is 9.56. The van der Waals surface area contributed by atoms with Crippen LogP contribution < -0.4 is 5.43 Å². The van der Waals surface area contributed by atoms with Crippen molar-refractivity contribution in [1.82, 2.24) is 0 Å². The normalized spacial score (nSPS) is 11.8. The summed E-state index contributed by atoms with van der Waals surface area (Å²) in [5.74, 6) is 0.849. The van der Waals surface area contributed by atoms with Gasteiger partial charge in [0.2, 0.25) is 0 Å². The maximum absolute atomic E-state index is 13.4. The molecule has 1 heterocycles. The fraction of sp³-hybridized carbons (Fsp3) is 0.240. The van der Waals surface area contributed by atoms with Gasteiger partial charge in [0, 0.05) is 20.2 Å². The lowest BCUT2D eigenvalue weighted by molar-refractivity contribution is 0.865. The molecule has 27 heavy (non-hydrogen) atoms. The van der Waals surface area contributed by atoms with E-state index in [0.29, 0.717) is 11.8 Å². The van der Waals surface area contributed by atoms with Crippen LogP contribution in [0.25, 0.3) is 31.3 Å². The highest BCUT2D eigenvalue weighted by Gasteiger charge is 2.17. The van der Waals surface area contributed by atoms with E-state index < -0.39 is 0 Å². The summed E-state index contributed by atoms with van der Waals surface area (Å²) in [6.45, 7) is 8.80. The van der Waals surface area contributed by atoms with Gasteiger partial charge in [-0.1, -0.05) is 70.2 Å². The minimum Gasteiger partial charge on any atom is -0.288 e. The van der Waals surface area contributed by atoms with Crippen molar-refractivity contribution >= 4 is 31.5 Å². The van der Waals surface area contributed by atoms with Crippen molar-refractivity contribution in [3.8, 4) is 11.1 Å². The predicted molar refractivity (Wildman–Crippen MR) is 119 cm³/mol. The Balaban J connectivity index is 2.11. The maximum Gasteiger partial charge on any atom is 0.196 e. The van der Waals surface area contributed by atoms with Crippen molar-refractivity contribution < 1.29 is 0 Å². The lowest BCUT2D eigenvalue weighted by Gasteiger charge is -2.17. The minimum atomic E-state index is 0.143. The second-order valence-corrected chi connectivity index (χ2v) is 8.85. The molecule has 0 bridgehead atoms. The Morgan fingerprint density at radius 1 is 0.741 bits per heavy atom. The molecule has 0 aliphatic carbocycles. The molecule has 0 saturated heterocycles. The van der Waals surface area contributed by atoms with E-state index in [2.05, 4.69) is 64.1 Å². The number of benzene rings is 3. The standard InChI is InChI=1S/C25H24OS/c1-15(2)17-9-11-18(12-10-17)23-19(16(3)4)13-14-22-24(23)25(26)20-7-5-6-8-21(20)27-22/h5-16H,1-4H3. The van der Waals surface area contributed by atoms with Gasteiger partial charge in [-0.05, 0) is 52.3 Å². The second kappa shape index (κ2) is 6.94. The molecule has 4 aromatic rings. The van der Waals surface area contributed by atoms with E-state index in [4.69, 9.17) is 0 Å². The molecule has 0 fully saturated rings. The third-order valence-corrected chi connectivity index (χ3v) is 6.40. The van der Waals surface area contributed by atoms with Gasteiger partial charge in [-0.15, -0.1) is 11.3 Å². The lowest BCUT2D eigenvalue weighted by Crippen LogP contribution is -2.05. The van der Waals surface area contributed by atoms with Gasteiger partial charge in [-0.25, -0.2) is 0 Å². The van der Waals surface area contributed by atoms with Crippen molar-refractivity contribution in [3.63, 3.8) is 0 Å². The van der Waals surface area contributed by atoms with E-state index >= 15 is 0 Å². The average Bonchev–Trinajstić information content (AvgIpc) is 2.67. The molecule has 136 valence electrons. The summed E-state index contributed by atoms with van der Waals surface area (Å²) in [6.07, 6.45) is 0. The zero-order valence-electron chi connectivity index (χ0n) is 16.2. The molecule has 0 aliphatic heterocycles. The summed E-state index contributed by atoms with van der Waals surface area (Å²) >= 11 is 1.70. The van der Waals surface area contributed by atoms with Gasteiger partial charge in [-0.2, -0.15) is 0 Å². The number of rotatable bonds is 3. The van der Waals surface area contributed by atoms with Crippen LogP contribution in [0.2, 0.25) is 0 Å². The van der Waals surface area contributed by atoms with Crippen LogP contribution in [0.15, 0.2) is 65.5 Å². The SMILES string of the molecule is CC(C)c1ccc(-c2c(C(C)C)ccc3sc4ccccc4c(=O)c23)cc1. The van der Waals surface area contributed by atoms with Gasteiger partial charge in [0.15, 0.2) is 5.43 Å². The molecular formula is C25H24OS. The van der Waals surface area contributed by atoms with Crippen LogP contribution in [0.1, 0.15) is 50.7 Å². The van der Waals surface area contributed by atoms with Gasteiger partial charge in [0.1, 0.15) is 0 Å². The minimum absolute atomic E-state index is 0.143. The third-order valence-electron chi connectivity index (χ3n) is 5.27. The van der Waals surface area contributed by atoms with Crippen LogP contribution in [0.5, 0.6) is 0 Å². The molecule has 0 N–H and O–H groups in total. The largest absolute Gasteiger partial charge is 0.288 e. The van der Waals surface area contributed by atoms with Gasteiger partial charge in [0.25, 0.3) is 0 Å². The molecule has 0 radical (unpaired) electrons. The maximum atomic E-state index is 13.4. The van der Waals surface area contributed by atoms with Crippen LogP contribution in [0.4, 0.5) is 0 Å². The van der Waals surface area contributed by atoms with E-state index in [9.17, 15) is 4.79 Å². The molecule has 4 rings (SSSR count). The first-order valence-corrected chi connectivity index (χ1v) is 10.4. The summed E-state index contributed by atoms with van der Waals surface area (Å²) in [5.41, 5.74) is 4.93. The Labute approximate surface area is 164 Å². The number of hydrogen-bond donors (Lipinski definition) is 0. The molecule has 1 nitrogen and oxygen atoms in total. The van der Waals surface area contributed by atoms with Crippen LogP contribution in [0.3, 0.4) is 0 Å². The summed E-state index contributed by atoms with van der Waals surface area (Å²) in [6, 6.07) is 21.0. The van der Waals surface area contributed by atoms with Crippen molar-refractivity contribution in [2.24, 2.45) is 0 Å². The summed E-state index contributed by atoms with van der Waals surface area (Å²) in [4.78, 5) is 13.4. The van der Waals surface area contributed by atoms with Crippen molar-refractivity contribution in [3.05, 3.63) is 82.0 Å². The summed E-state index contributed by atoms with van der Waals surface area (Å²) < 4.78 is 2.11. The predicted octanol–water partition coefficient (Wildman–Crippen LogP) is 7.33. The summed E-state index contributed by atoms with van der Waals surface area (Å²) in [5, 5.41) is 1.68. The molecule has 0 aliphatic rings. The monoisotopic (exact) mass is 372 g/mol. The Bertz CT molecular complexity index is 1180. The van der Waals surface area contributed by atoms with Gasteiger partial charge >= 0.3 is 0 Å². The van der Waals surface area contributed by atoms with Crippen LogP contribution in [0, 0.1) is 0 Å². The smallest absolute Gasteiger partial charge is 0.196 e. The first kappa shape index (κ1) is 17.9. The first-order chi connectivity index (χ1) is 13.0. The Kier molecular flexibility index (Phi) is 4.61. The number of fused-ring (bicyclic) bond motifs is 2. The summed E-state index contributed by atoms with van der Waals surface area (Å²) in [7, 11) is 0. The zero-order chi connectivity index (χ0) is 19.1. The van der Waals surface area contributed by atoms with E-state index in [0.717, 1.165) is 31.3 Å². The second-order valence-electron chi connectivity index (χ2n) is 7.76. The third kappa shape index (κ3) is 3.08. The van der Waals surface area contributed by atoms with Crippen LogP contribution in [-0.2, 0) is 0 Å². The zero-order valence-corrected chi connectivity index (χ0v) is 17.1. The fourth-order valence-corrected chi connectivity index (χ4v) is 4.82. The molecule has 0 spiro atoms. The molecule has 0 saturated carbocycles. The average molecular weight is 373 g/mol. The molecular weight excluding hydrogens is 348 g/mol. The molecule has 0 unspecified atom stereocenters. The van der Waals surface area contributed by atoms with E-state index in [1.54, 1.807) is 11.3 Å². The molecule has 3 aromatic carbocycles.